The van der Waals surface area contributed by atoms with Crippen LogP contribution in [0.25, 0.3) is 0 Å². The molecule has 0 fully saturated rings. The first-order valence-corrected chi connectivity index (χ1v) is 7.70. The van der Waals surface area contributed by atoms with Crippen LogP contribution in [0.1, 0.15) is 22.7 Å². The van der Waals surface area contributed by atoms with Gasteiger partial charge in [-0.05, 0) is 30.3 Å². The summed E-state index contributed by atoms with van der Waals surface area (Å²) in [5.41, 5.74) is 5.50. The quantitative estimate of drug-likeness (QED) is 0.855. The van der Waals surface area contributed by atoms with Crippen molar-refractivity contribution in [3.63, 3.8) is 0 Å². The van der Waals surface area contributed by atoms with E-state index in [4.69, 9.17) is 5.73 Å². The standard InChI is InChI=1S/C18H18F3N3O2/c1-24(11-12-7-9-14(10-8-12)18(19,20)21)15(16(25)23-17(22)26)13-5-3-2-4-6-13/h2-10,15H,11H2,1H3,(H3,22,23,25,26)/t15-/m1/s1. The number of halogens is 3. The molecule has 1 atom stereocenters. The van der Waals surface area contributed by atoms with Crippen molar-refractivity contribution in [1.29, 1.82) is 0 Å². The van der Waals surface area contributed by atoms with Crippen LogP contribution in [0.15, 0.2) is 54.6 Å². The first-order chi connectivity index (χ1) is 12.2. The molecule has 2 rings (SSSR count). The molecule has 138 valence electrons. The molecular formula is C18H18F3N3O2. The second kappa shape index (κ2) is 8.01. The van der Waals surface area contributed by atoms with E-state index >= 15 is 0 Å². The Morgan fingerprint density at radius 1 is 1.08 bits per heavy atom. The molecule has 0 saturated heterocycles. The molecule has 3 amide bonds. The van der Waals surface area contributed by atoms with Crippen LogP contribution in [-0.4, -0.2) is 23.9 Å². The molecule has 0 aliphatic carbocycles. The fourth-order valence-corrected chi connectivity index (χ4v) is 2.61. The van der Waals surface area contributed by atoms with E-state index in [0.717, 1.165) is 12.1 Å². The van der Waals surface area contributed by atoms with Crippen LogP contribution >= 0.6 is 0 Å². The van der Waals surface area contributed by atoms with Crippen LogP contribution in [0.3, 0.4) is 0 Å². The number of nitrogens with zero attached hydrogens (tertiary/aromatic N) is 1. The molecule has 0 bridgehead atoms. The van der Waals surface area contributed by atoms with Gasteiger partial charge in [-0.15, -0.1) is 0 Å². The monoisotopic (exact) mass is 365 g/mol. The molecule has 0 aromatic heterocycles. The predicted molar refractivity (Wildman–Crippen MR) is 89.8 cm³/mol. The number of amides is 3. The number of benzene rings is 2. The van der Waals surface area contributed by atoms with Gasteiger partial charge < -0.3 is 5.73 Å². The Hall–Kier alpha value is -2.87. The van der Waals surface area contributed by atoms with E-state index in [1.807, 2.05) is 5.32 Å². The van der Waals surface area contributed by atoms with Gasteiger partial charge in [0.15, 0.2) is 0 Å². The number of imide groups is 1. The van der Waals surface area contributed by atoms with Gasteiger partial charge in [0.2, 0.25) is 5.91 Å². The molecule has 8 heteroatoms. The molecule has 0 aliphatic rings. The number of alkyl halides is 3. The number of likely N-dealkylation sites (N-methyl/N-ethyl adjacent to an activating group) is 1. The fraction of sp³-hybridized carbons (Fsp3) is 0.222. The first kappa shape index (κ1) is 19.5. The molecule has 0 aliphatic heterocycles. The van der Waals surface area contributed by atoms with Crippen LogP contribution in [0.4, 0.5) is 18.0 Å². The van der Waals surface area contributed by atoms with Crippen molar-refractivity contribution < 1.29 is 22.8 Å². The maximum atomic E-state index is 12.7. The number of hydrogen-bond donors (Lipinski definition) is 2. The molecule has 5 nitrogen and oxygen atoms in total. The van der Waals surface area contributed by atoms with Gasteiger partial charge in [-0.2, -0.15) is 13.2 Å². The lowest BCUT2D eigenvalue weighted by Gasteiger charge is -2.27. The van der Waals surface area contributed by atoms with Crippen molar-refractivity contribution in [3.8, 4) is 0 Å². The Balaban J connectivity index is 2.22. The zero-order valence-corrected chi connectivity index (χ0v) is 14.0. The highest BCUT2D eigenvalue weighted by Gasteiger charge is 2.30. The number of nitrogens with two attached hydrogens (primary N) is 1. The smallest absolute Gasteiger partial charge is 0.351 e. The second-order valence-electron chi connectivity index (χ2n) is 5.78. The number of primary amides is 1. The first-order valence-electron chi connectivity index (χ1n) is 7.70. The number of nitrogens with one attached hydrogen (secondary N) is 1. The molecule has 2 aromatic carbocycles. The summed E-state index contributed by atoms with van der Waals surface area (Å²) in [5, 5.41) is 2.05. The molecular weight excluding hydrogens is 347 g/mol. The Labute approximate surface area is 148 Å². The highest BCUT2D eigenvalue weighted by molar-refractivity contribution is 5.96. The van der Waals surface area contributed by atoms with Gasteiger partial charge in [0.05, 0.1) is 5.56 Å². The zero-order valence-electron chi connectivity index (χ0n) is 14.0. The molecule has 0 unspecified atom stereocenters. The average Bonchev–Trinajstić information content (AvgIpc) is 2.55. The Morgan fingerprint density at radius 2 is 1.65 bits per heavy atom. The van der Waals surface area contributed by atoms with Crippen molar-refractivity contribution in [2.75, 3.05) is 7.05 Å². The summed E-state index contributed by atoms with van der Waals surface area (Å²) in [6, 6.07) is 11.6. The number of carbonyl (C=O) groups is 2. The minimum absolute atomic E-state index is 0.198. The SMILES string of the molecule is CN(Cc1ccc(C(F)(F)F)cc1)[C@@H](C(=O)NC(N)=O)c1ccccc1. The summed E-state index contributed by atoms with van der Waals surface area (Å²) in [4.78, 5) is 25.0. The maximum absolute atomic E-state index is 12.7. The lowest BCUT2D eigenvalue weighted by Crippen LogP contribution is -2.43. The van der Waals surface area contributed by atoms with Gasteiger partial charge in [0, 0.05) is 6.54 Å². The summed E-state index contributed by atoms with van der Waals surface area (Å²) in [7, 11) is 1.63. The van der Waals surface area contributed by atoms with E-state index in [2.05, 4.69) is 0 Å². The van der Waals surface area contributed by atoms with E-state index in [1.165, 1.54) is 12.1 Å². The molecule has 0 heterocycles. The normalized spacial score (nSPS) is 12.7. The third-order valence-corrected chi connectivity index (χ3v) is 3.76. The highest BCUT2D eigenvalue weighted by atomic mass is 19.4. The lowest BCUT2D eigenvalue weighted by atomic mass is 10.0. The van der Waals surface area contributed by atoms with E-state index in [1.54, 1.807) is 42.3 Å². The maximum Gasteiger partial charge on any atom is 0.416 e. The zero-order chi connectivity index (χ0) is 19.3. The van der Waals surface area contributed by atoms with Crippen molar-refractivity contribution in [2.45, 2.75) is 18.8 Å². The van der Waals surface area contributed by atoms with Crippen molar-refractivity contribution in [2.24, 2.45) is 5.73 Å². The lowest BCUT2D eigenvalue weighted by molar-refractivity contribution is -0.137. The highest BCUT2D eigenvalue weighted by Crippen LogP contribution is 2.29. The van der Waals surface area contributed by atoms with E-state index in [9.17, 15) is 22.8 Å². The van der Waals surface area contributed by atoms with Crippen molar-refractivity contribution in [3.05, 3.63) is 71.3 Å². The van der Waals surface area contributed by atoms with Crippen LogP contribution in [0, 0.1) is 0 Å². The van der Waals surface area contributed by atoms with Crippen molar-refractivity contribution >= 4 is 11.9 Å². The number of hydrogen-bond acceptors (Lipinski definition) is 3. The van der Waals surface area contributed by atoms with Gasteiger partial charge in [0.1, 0.15) is 6.04 Å². The number of urea groups is 1. The van der Waals surface area contributed by atoms with Gasteiger partial charge in [-0.25, -0.2) is 4.79 Å². The van der Waals surface area contributed by atoms with Crippen LogP contribution in [0.5, 0.6) is 0 Å². The largest absolute Gasteiger partial charge is 0.416 e. The van der Waals surface area contributed by atoms with E-state index < -0.39 is 29.7 Å². The van der Waals surface area contributed by atoms with Crippen LogP contribution in [0.2, 0.25) is 0 Å². The Morgan fingerprint density at radius 3 is 2.15 bits per heavy atom. The molecule has 0 spiro atoms. The van der Waals surface area contributed by atoms with Gasteiger partial charge in [-0.1, -0.05) is 42.5 Å². The second-order valence-corrected chi connectivity index (χ2v) is 5.78. The van der Waals surface area contributed by atoms with Gasteiger partial charge >= 0.3 is 12.2 Å². The average molecular weight is 365 g/mol. The van der Waals surface area contributed by atoms with Gasteiger partial charge in [-0.3, -0.25) is 15.0 Å². The summed E-state index contributed by atoms with van der Waals surface area (Å²) in [6.07, 6.45) is -4.40. The fourth-order valence-electron chi connectivity index (χ4n) is 2.61. The topological polar surface area (TPSA) is 75.4 Å². The summed E-state index contributed by atoms with van der Waals surface area (Å²) >= 11 is 0. The van der Waals surface area contributed by atoms with Crippen LogP contribution in [-0.2, 0) is 17.5 Å². The minimum Gasteiger partial charge on any atom is -0.351 e. The van der Waals surface area contributed by atoms with E-state index in [0.29, 0.717) is 11.1 Å². The number of carbonyl (C=O) groups excluding carboxylic acids is 2. The molecule has 0 saturated carbocycles. The summed E-state index contributed by atoms with van der Waals surface area (Å²) in [6.45, 7) is 0.198. The molecule has 0 radical (unpaired) electrons. The Kier molecular flexibility index (Phi) is 5.99. The van der Waals surface area contributed by atoms with Gasteiger partial charge in [0.25, 0.3) is 0 Å². The number of rotatable bonds is 5. The predicted octanol–water partition coefficient (Wildman–Crippen LogP) is 3.07. The Bertz CT molecular complexity index is 762. The van der Waals surface area contributed by atoms with Crippen molar-refractivity contribution in [1.82, 2.24) is 10.2 Å². The van der Waals surface area contributed by atoms with Crippen LogP contribution < -0.4 is 11.1 Å². The third-order valence-electron chi connectivity index (χ3n) is 3.76. The van der Waals surface area contributed by atoms with E-state index in [-0.39, 0.29) is 6.54 Å². The summed E-state index contributed by atoms with van der Waals surface area (Å²) < 4.78 is 38.0. The third kappa shape index (κ3) is 5.06. The molecule has 2 aromatic rings. The molecule has 26 heavy (non-hydrogen) atoms. The molecule has 3 N–H and O–H groups in total. The summed E-state index contributed by atoms with van der Waals surface area (Å²) in [5.74, 6) is -0.613. The minimum atomic E-state index is -4.40.